The highest BCUT2D eigenvalue weighted by molar-refractivity contribution is 6.38. The summed E-state index contributed by atoms with van der Waals surface area (Å²) in [7, 11) is 1.85. The molecular formula is C21H20ClF2N7. The molecule has 1 spiro atoms. The zero-order valence-electron chi connectivity index (χ0n) is 16.8. The van der Waals surface area contributed by atoms with Crippen LogP contribution in [0, 0.1) is 5.41 Å². The second-order valence-electron chi connectivity index (χ2n) is 8.55. The Morgan fingerprint density at radius 2 is 2.03 bits per heavy atom. The number of nitrogens with zero attached hydrogens (tertiary/aromatic N) is 5. The number of aromatic nitrogens is 5. The van der Waals surface area contributed by atoms with Gasteiger partial charge in [-0.3, -0.25) is 4.68 Å². The molecule has 0 unspecified atom stereocenters. The molecule has 2 aliphatic rings. The van der Waals surface area contributed by atoms with Crippen LogP contribution in [0.4, 0.5) is 14.6 Å². The molecule has 160 valence electrons. The van der Waals surface area contributed by atoms with Gasteiger partial charge in [-0.2, -0.15) is 5.10 Å². The minimum absolute atomic E-state index is 0.341. The van der Waals surface area contributed by atoms with Crippen molar-refractivity contribution in [2.75, 3.05) is 31.1 Å². The van der Waals surface area contributed by atoms with Gasteiger partial charge in [-0.05, 0) is 12.5 Å². The van der Waals surface area contributed by atoms with Crippen molar-refractivity contribution in [3.05, 3.63) is 35.7 Å². The van der Waals surface area contributed by atoms with Crippen LogP contribution in [0.25, 0.3) is 33.2 Å². The van der Waals surface area contributed by atoms with Gasteiger partial charge < -0.3 is 15.2 Å². The smallest absolute Gasteiger partial charge is 0.273 e. The Morgan fingerprint density at radius 1 is 1.19 bits per heavy atom. The summed E-state index contributed by atoms with van der Waals surface area (Å²) >= 11 is 6.67. The third-order valence-corrected chi connectivity index (χ3v) is 7.08. The van der Waals surface area contributed by atoms with Gasteiger partial charge in [0.15, 0.2) is 5.65 Å². The summed E-state index contributed by atoms with van der Waals surface area (Å²) in [5, 5.41) is 8.82. The van der Waals surface area contributed by atoms with E-state index >= 15 is 0 Å². The summed E-state index contributed by atoms with van der Waals surface area (Å²) in [6.07, 6.45) is 5.69. The predicted octanol–water partition coefficient (Wildman–Crippen LogP) is 3.60. The fraction of sp³-hybridized carbons (Fsp3) is 0.381. The minimum atomic E-state index is -2.76. The Labute approximate surface area is 181 Å². The quantitative estimate of drug-likeness (QED) is 0.495. The van der Waals surface area contributed by atoms with E-state index < -0.39 is 11.3 Å². The summed E-state index contributed by atoms with van der Waals surface area (Å²) < 4.78 is 31.3. The van der Waals surface area contributed by atoms with Crippen molar-refractivity contribution in [1.82, 2.24) is 30.0 Å². The normalized spacial score (nSPS) is 19.9. The predicted molar refractivity (Wildman–Crippen MR) is 116 cm³/mol. The minimum Gasteiger partial charge on any atom is -0.349 e. The van der Waals surface area contributed by atoms with Crippen LogP contribution in [0.3, 0.4) is 0 Å². The fourth-order valence-corrected chi connectivity index (χ4v) is 5.02. The van der Waals surface area contributed by atoms with Gasteiger partial charge in [0, 0.05) is 55.6 Å². The van der Waals surface area contributed by atoms with Crippen LogP contribution in [0.5, 0.6) is 0 Å². The maximum Gasteiger partial charge on any atom is 0.273 e. The molecule has 2 aliphatic heterocycles. The fourth-order valence-electron chi connectivity index (χ4n) is 4.71. The Balaban J connectivity index is 1.36. The van der Waals surface area contributed by atoms with Crippen LogP contribution in [0.15, 0.2) is 30.7 Å². The highest BCUT2D eigenvalue weighted by atomic mass is 35.5. The molecule has 0 aliphatic carbocycles. The number of hydrogen-bond acceptors (Lipinski definition) is 5. The Hall–Kier alpha value is -2.78. The molecule has 3 aromatic heterocycles. The number of benzene rings is 1. The van der Waals surface area contributed by atoms with Crippen LogP contribution < -0.4 is 10.2 Å². The van der Waals surface area contributed by atoms with Crippen LogP contribution in [0.2, 0.25) is 5.02 Å². The van der Waals surface area contributed by atoms with Gasteiger partial charge in [0.25, 0.3) is 5.92 Å². The SMILES string of the molecule is Cn1cc2c(Cl)c(-c3c[nH]c4nc(N5CCC6(CNC6)C(F)(F)C5)cnc34)ccc2n1. The third kappa shape index (κ3) is 2.69. The molecule has 6 rings (SSSR count). The lowest BCUT2D eigenvalue weighted by Gasteiger charge is -2.53. The van der Waals surface area contributed by atoms with E-state index in [-0.39, 0.29) is 6.54 Å². The molecule has 31 heavy (non-hydrogen) atoms. The molecule has 0 atom stereocenters. The van der Waals surface area contributed by atoms with Crippen LogP contribution in [-0.2, 0) is 7.05 Å². The first-order valence-electron chi connectivity index (χ1n) is 10.2. The summed E-state index contributed by atoms with van der Waals surface area (Å²) in [6.45, 7) is 0.946. The highest BCUT2D eigenvalue weighted by Crippen LogP contribution is 2.47. The maximum absolute atomic E-state index is 14.8. The van der Waals surface area contributed by atoms with E-state index in [9.17, 15) is 8.78 Å². The Kier molecular flexibility index (Phi) is 3.89. The summed E-state index contributed by atoms with van der Waals surface area (Å²) in [6, 6.07) is 3.82. The van der Waals surface area contributed by atoms with Gasteiger partial charge in [-0.1, -0.05) is 17.7 Å². The van der Waals surface area contributed by atoms with Crippen molar-refractivity contribution >= 4 is 39.5 Å². The lowest BCUT2D eigenvalue weighted by atomic mass is 9.70. The summed E-state index contributed by atoms with van der Waals surface area (Å²) in [4.78, 5) is 13.9. The number of fused-ring (bicyclic) bond motifs is 2. The molecule has 2 saturated heterocycles. The molecule has 4 aromatic rings. The zero-order valence-corrected chi connectivity index (χ0v) is 17.5. The van der Waals surface area contributed by atoms with Crippen LogP contribution >= 0.6 is 11.6 Å². The third-order valence-electron chi connectivity index (χ3n) is 6.67. The zero-order chi connectivity index (χ0) is 21.4. The van der Waals surface area contributed by atoms with E-state index in [4.69, 9.17) is 11.6 Å². The number of H-pyrrole nitrogens is 1. The number of rotatable bonds is 2. The second-order valence-corrected chi connectivity index (χ2v) is 8.93. The summed E-state index contributed by atoms with van der Waals surface area (Å²) in [5.74, 6) is -2.31. The van der Waals surface area contributed by atoms with Gasteiger partial charge in [-0.25, -0.2) is 18.7 Å². The van der Waals surface area contributed by atoms with Crippen LogP contribution in [-0.4, -0.2) is 56.8 Å². The highest BCUT2D eigenvalue weighted by Gasteiger charge is 2.60. The van der Waals surface area contributed by atoms with Crippen LogP contribution in [0.1, 0.15) is 6.42 Å². The maximum atomic E-state index is 14.8. The first-order chi connectivity index (χ1) is 14.9. The van der Waals surface area contributed by atoms with Crippen molar-refractivity contribution in [3.8, 4) is 11.1 Å². The molecule has 2 N–H and O–H groups in total. The molecule has 0 amide bonds. The number of alkyl halides is 2. The largest absolute Gasteiger partial charge is 0.349 e. The second kappa shape index (κ2) is 6.37. The number of halogens is 3. The molecule has 1 aromatic carbocycles. The monoisotopic (exact) mass is 443 g/mol. The van der Waals surface area contributed by atoms with Crippen molar-refractivity contribution in [1.29, 1.82) is 0 Å². The number of hydrogen-bond donors (Lipinski definition) is 2. The molecular weight excluding hydrogens is 424 g/mol. The van der Waals surface area contributed by atoms with Crippen molar-refractivity contribution in [2.24, 2.45) is 12.5 Å². The molecule has 5 heterocycles. The van der Waals surface area contributed by atoms with Gasteiger partial charge in [0.05, 0.1) is 28.7 Å². The van der Waals surface area contributed by atoms with E-state index in [2.05, 4.69) is 25.4 Å². The topological polar surface area (TPSA) is 74.7 Å². The molecule has 0 radical (unpaired) electrons. The molecule has 10 heteroatoms. The molecule has 0 saturated carbocycles. The lowest BCUT2D eigenvalue weighted by Crippen LogP contribution is -2.69. The number of anilines is 1. The standard InChI is InChI=1S/C21H20ClF2N7/c1-30-8-14-15(29-30)3-2-12(17(14)22)13-6-27-19-18(13)26-7-16(28-19)31-5-4-20(9-25-10-20)21(23,24)11-31/h2-3,6-8,25H,4-5,9-11H2,1H3,(H,27,28). The van der Waals surface area contributed by atoms with Crippen molar-refractivity contribution < 1.29 is 8.78 Å². The van der Waals surface area contributed by atoms with E-state index in [1.54, 1.807) is 22.0 Å². The average Bonchev–Trinajstić information content (AvgIpc) is 3.29. The number of piperidine rings is 1. The Bertz CT molecular complexity index is 1320. The first kappa shape index (κ1) is 18.9. The van der Waals surface area contributed by atoms with E-state index in [1.165, 1.54) is 0 Å². The van der Waals surface area contributed by atoms with Gasteiger partial charge in [0.2, 0.25) is 0 Å². The van der Waals surface area contributed by atoms with Gasteiger partial charge in [0.1, 0.15) is 11.3 Å². The lowest BCUT2D eigenvalue weighted by molar-refractivity contribution is -0.154. The summed E-state index contributed by atoms with van der Waals surface area (Å²) in [5.41, 5.74) is 2.73. The number of nitrogens with one attached hydrogen (secondary N) is 2. The average molecular weight is 444 g/mol. The number of aromatic amines is 1. The van der Waals surface area contributed by atoms with Gasteiger partial charge >= 0.3 is 0 Å². The van der Waals surface area contributed by atoms with E-state index in [0.29, 0.717) is 48.1 Å². The van der Waals surface area contributed by atoms with Crippen molar-refractivity contribution in [3.63, 3.8) is 0 Å². The van der Waals surface area contributed by atoms with Gasteiger partial charge in [-0.15, -0.1) is 0 Å². The first-order valence-corrected chi connectivity index (χ1v) is 10.5. The number of aryl methyl sites for hydroxylation is 1. The molecule has 0 bridgehead atoms. The molecule has 7 nitrogen and oxygen atoms in total. The van der Waals surface area contributed by atoms with Crippen molar-refractivity contribution in [2.45, 2.75) is 12.3 Å². The Morgan fingerprint density at radius 3 is 2.77 bits per heavy atom. The van der Waals surface area contributed by atoms with E-state index in [0.717, 1.165) is 22.0 Å². The molecule has 2 fully saturated rings. The van der Waals surface area contributed by atoms with E-state index in [1.807, 2.05) is 25.4 Å².